The summed E-state index contributed by atoms with van der Waals surface area (Å²) in [5.74, 6) is 2.69. The number of hydrazone groups is 1. The van der Waals surface area contributed by atoms with Crippen molar-refractivity contribution >= 4 is 28.8 Å². The molecule has 130 valence electrons. The number of rotatable bonds is 5. The Morgan fingerprint density at radius 2 is 2.00 bits per heavy atom. The van der Waals surface area contributed by atoms with Crippen molar-refractivity contribution in [3.05, 3.63) is 48.5 Å². The molecular weight excluding hydrogens is 350 g/mol. The van der Waals surface area contributed by atoms with Crippen LogP contribution in [0.15, 0.2) is 52.8 Å². The first-order chi connectivity index (χ1) is 11.8. The van der Waals surface area contributed by atoms with Gasteiger partial charge in [-0.15, -0.1) is 5.10 Å². The average Bonchev–Trinajstić information content (AvgIpc) is 2.60. The summed E-state index contributed by atoms with van der Waals surface area (Å²) < 4.78 is 26.7. The van der Waals surface area contributed by atoms with Crippen LogP contribution in [-0.4, -0.2) is 35.7 Å². The summed E-state index contributed by atoms with van der Waals surface area (Å²) in [6, 6.07) is 5.81. The van der Waals surface area contributed by atoms with E-state index < -0.39 is 22.8 Å². The van der Waals surface area contributed by atoms with Crippen LogP contribution in [0.4, 0.5) is 5.82 Å². The van der Waals surface area contributed by atoms with Crippen LogP contribution in [0, 0.1) is 0 Å². The molecule has 0 aliphatic rings. The van der Waals surface area contributed by atoms with Gasteiger partial charge in [0.2, 0.25) is 5.76 Å². The molecule has 1 atom stereocenters. The van der Waals surface area contributed by atoms with E-state index in [9.17, 15) is 13.6 Å². The normalized spacial score (nSPS) is 12.4. The van der Waals surface area contributed by atoms with Crippen LogP contribution in [0.25, 0.3) is 11.3 Å². The highest BCUT2D eigenvalue weighted by atomic mass is 32.2. The lowest BCUT2D eigenvalue weighted by Gasteiger charge is -2.10. The number of anilines is 1. The van der Waals surface area contributed by atoms with E-state index in [0.29, 0.717) is 11.3 Å². The number of hydrogen-bond acceptors (Lipinski definition) is 9. The van der Waals surface area contributed by atoms with Crippen LogP contribution in [0.2, 0.25) is 0 Å². The van der Waals surface area contributed by atoms with Gasteiger partial charge in [0.1, 0.15) is 0 Å². The van der Waals surface area contributed by atoms with Gasteiger partial charge >= 0.3 is 5.97 Å². The number of carboxylic acids is 1. The van der Waals surface area contributed by atoms with Crippen molar-refractivity contribution in [2.75, 3.05) is 5.73 Å². The quantitative estimate of drug-likeness (QED) is 0.127. The van der Waals surface area contributed by atoms with E-state index in [4.69, 9.17) is 21.4 Å². The molecule has 0 saturated heterocycles. The zero-order valence-corrected chi connectivity index (χ0v) is 13.4. The topological polar surface area (TPSA) is 177 Å². The third-order valence-corrected chi connectivity index (χ3v) is 3.58. The van der Waals surface area contributed by atoms with Gasteiger partial charge in [-0.3, -0.25) is 4.21 Å². The molecule has 0 fully saturated rings. The number of ether oxygens (including phenoxy) is 1. The van der Waals surface area contributed by atoms with Crippen molar-refractivity contribution in [3.63, 3.8) is 0 Å². The molecule has 2 rings (SSSR count). The summed E-state index contributed by atoms with van der Waals surface area (Å²) in [6.07, 6.45) is 1.35. The van der Waals surface area contributed by atoms with Crippen molar-refractivity contribution in [1.29, 1.82) is 0 Å². The van der Waals surface area contributed by atoms with E-state index in [0.717, 1.165) is 0 Å². The SMILES string of the molecule is C=C(O/C(=N\N)c1nc(-c2ccc(S(=O)[O-])cc2)cnc1N)C(=O)O. The highest BCUT2D eigenvalue weighted by Crippen LogP contribution is 2.21. The molecule has 0 spiro atoms. The van der Waals surface area contributed by atoms with E-state index in [1.165, 1.54) is 30.5 Å². The van der Waals surface area contributed by atoms with Crippen molar-refractivity contribution in [2.45, 2.75) is 4.90 Å². The maximum atomic E-state index is 10.9. The van der Waals surface area contributed by atoms with Crippen LogP contribution in [0.5, 0.6) is 0 Å². The number of nitrogens with two attached hydrogens (primary N) is 2. The van der Waals surface area contributed by atoms with Gasteiger partial charge in [-0.1, -0.05) is 12.1 Å². The molecule has 0 radical (unpaired) electrons. The van der Waals surface area contributed by atoms with Crippen LogP contribution >= 0.6 is 0 Å². The largest absolute Gasteiger partial charge is 0.768 e. The standard InChI is InChI=1S/C14H13N5O5S/c1-7(14(20)21)24-13(19-16)11-12(15)17-6-10(18-11)8-2-4-9(5-3-8)25(22)23/h2-6H,1,16H2,(H2,15,17)(H,20,21)(H,22,23)/p-1/b19-13-. The third kappa shape index (κ3) is 4.16. The van der Waals surface area contributed by atoms with E-state index in [1.807, 2.05) is 0 Å². The number of aliphatic carboxylic acids is 1. The predicted molar refractivity (Wildman–Crippen MR) is 87.7 cm³/mol. The summed E-state index contributed by atoms with van der Waals surface area (Å²) in [7, 11) is 0. The maximum Gasteiger partial charge on any atom is 0.371 e. The molecule has 0 aliphatic carbocycles. The predicted octanol–water partition coefficient (Wildman–Crippen LogP) is 0.199. The van der Waals surface area contributed by atoms with Gasteiger partial charge < -0.3 is 26.0 Å². The van der Waals surface area contributed by atoms with E-state index in [-0.39, 0.29) is 22.3 Å². The zero-order chi connectivity index (χ0) is 18.6. The number of nitrogens with zero attached hydrogens (tertiary/aromatic N) is 3. The number of carbonyl (C=O) groups is 1. The molecule has 0 saturated carbocycles. The molecule has 1 heterocycles. The smallest absolute Gasteiger partial charge is 0.371 e. The lowest BCUT2D eigenvalue weighted by Crippen LogP contribution is -2.17. The fraction of sp³-hybridized carbons (Fsp3) is 0. The third-order valence-electron chi connectivity index (χ3n) is 2.92. The second-order valence-corrected chi connectivity index (χ2v) is 5.45. The van der Waals surface area contributed by atoms with E-state index in [2.05, 4.69) is 21.6 Å². The van der Waals surface area contributed by atoms with Gasteiger partial charge in [-0.05, 0) is 29.8 Å². The van der Waals surface area contributed by atoms with Crippen molar-refractivity contribution in [3.8, 4) is 11.3 Å². The summed E-state index contributed by atoms with van der Waals surface area (Å²) in [4.78, 5) is 19.0. The average molecular weight is 362 g/mol. The van der Waals surface area contributed by atoms with E-state index >= 15 is 0 Å². The molecule has 0 amide bonds. The Morgan fingerprint density at radius 3 is 2.52 bits per heavy atom. The maximum absolute atomic E-state index is 10.9. The summed E-state index contributed by atoms with van der Waals surface area (Å²) in [5, 5.41) is 12.1. The Hall–Kier alpha value is -3.31. The van der Waals surface area contributed by atoms with Gasteiger partial charge in [0.25, 0.3) is 5.90 Å². The highest BCUT2D eigenvalue weighted by molar-refractivity contribution is 7.79. The van der Waals surface area contributed by atoms with Crippen LogP contribution in [-0.2, 0) is 20.6 Å². The monoisotopic (exact) mass is 362 g/mol. The number of nitrogen functional groups attached to an aromatic ring is 1. The highest BCUT2D eigenvalue weighted by Gasteiger charge is 2.18. The van der Waals surface area contributed by atoms with Crippen molar-refractivity contribution in [2.24, 2.45) is 10.9 Å². The molecule has 25 heavy (non-hydrogen) atoms. The Bertz CT molecular complexity index is 882. The minimum Gasteiger partial charge on any atom is -0.768 e. The number of aromatic nitrogens is 2. The Kier molecular flexibility index (Phi) is 5.41. The Morgan fingerprint density at radius 1 is 1.36 bits per heavy atom. The number of hydrogen-bond donors (Lipinski definition) is 3. The van der Waals surface area contributed by atoms with Crippen LogP contribution < -0.4 is 11.6 Å². The molecule has 0 aliphatic heterocycles. The lowest BCUT2D eigenvalue weighted by molar-refractivity contribution is -0.135. The van der Waals surface area contributed by atoms with Crippen LogP contribution in [0.3, 0.4) is 0 Å². The van der Waals surface area contributed by atoms with Gasteiger partial charge in [-0.2, -0.15) is 0 Å². The van der Waals surface area contributed by atoms with Gasteiger partial charge in [-0.25, -0.2) is 14.8 Å². The molecule has 10 nitrogen and oxygen atoms in total. The minimum atomic E-state index is -2.35. The molecular formula is C14H12N5O5S-. The second-order valence-electron chi connectivity index (χ2n) is 4.51. The Balaban J connectivity index is 2.41. The van der Waals surface area contributed by atoms with Gasteiger partial charge in [0.05, 0.1) is 11.9 Å². The summed E-state index contributed by atoms with van der Waals surface area (Å²) in [5.41, 5.74) is 6.48. The summed E-state index contributed by atoms with van der Waals surface area (Å²) in [6.45, 7) is 3.20. The molecule has 1 aromatic carbocycles. The first kappa shape index (κ1) is 18.0. The van der Waals surface area contributed by atoms with Crippen LogP contribution in [0.1, 0.15) is 5.69 Å². The fourth-order valence-corrected chi connectivity index (χ4v) is 2.09. The molecule has 0 bridgehead atoms. The van der Waals surface area contributed by atoms with Crippen molar-refractivity contribution in [1.82, 2.24) is 9.97 Å². The first-order valence-corrected chi connectivity index (χ1v) is 7.61. The minimum absolute atomic E-state index is 0.0844. The van der Waals surface area contributed by atoms with Gasteiger partial charge in [0.15, 0.2) is 11.5 Å². The molecule has 11 heteroatoms. The Labute approximate surface area is 144 Å². The summed E-state index contributed by atoms with van der Waals surface area (Å²) >= 11 is -2.35. The molecule has 2 aromatic rings. The van der Waals surface area contributed by atoms with Crippen molar-refractivity contribution < 1.29 is 23.4 Å². The zero-order valence-electron chi connectivity index (χ0n) is 12.6. The fourth-order valence-electron chi connectivity index (χ4n) is 1.73. The van der Waals surface area contributed by atoms with Gasteiger partial charge in [0, 0.05) is 10.5 Å². The van der Waals surface area contributed by atoms with E-state index in [1.54, 1.807) is 0 Å². The molecule has 5 N–H and O–H groups in total. The molecule has 1 unspecified atom stereocenters. The first-order valence-electron chi connectivity index (χ1n) is 6.54. The number of benzene rings is 1. The lowest BCUT2D eigenvalue weighted by atomic mass is 10.1. The second kappa shape index (κ2) is 7.51. The number of carboxylic acid groups (broad SMARTS) is 1. The molecule has 1 aromatic heterocycles.